The third-order valence-corrected chi connectivity index (χ3v) is 2.83. The van der Waals surface area contributed by atoms with Crippen LogP contribution in [0.15, 0.2) is 12.1 Å². The minimum atomic E-state index is 0.234. The molecule has 0 bridgehead atoms. The lowest BCUT2D eigenvalue weighted by molar-refractivity contribution is 0.467. The largest absolute Gasteiger partial charge is 0.345 e. The number of hydrogen-bond acceptors (Lipinski definition) is 0. The molecule has 0 atom stereocenters. The average Bonchev–Trinajstić information content (AvgIpc) is 2.45. The summed E-state index contributed by atoms with van der Waals surface area (Å²) in [6.07, 6.45) is 0. The standard InChI is InChI=1S/C14H25N/c1-10(2)12-8-9-13(14(5,6)7)15(12)11(3)4/h8-11H,1-7H3. The molecule has 0 N–H and O–H groups in total. The van der Waals surface area contributed by atoms with E-state index in [0.717, 1.165) is 0 Å². The van der Waals surface area contributed by atoms with Crippen LogP contribution in [0.25, 0.3) is 0 Å². The number of aromatic nitrogens is 1. The first-order valence-corrected chi connectivity index (χ1v) is 5.96. The van der Waals surface area contributed by atoms with Crippen molar-refractivity contribution in [3.05, 3.63) is 23.5 Å². The molecule has 0 aliphatic heterocycles. The van der Waals surface area contributed by atoms with E-state index in [4.69, 9.17) is 0 Å². The molecule has 0 saturated carbocycles. The lowest BCUT2D eigenvalue weighted by atomic mass is 9.92. The highest BCUT2D eigenvalue weighted by Crippen LogP contribution is 2.30. The molecular formula is C14H25N. The Morgan fingerprint density at radius 2 is 1.53 bits per heavy atom. The fourth-order valence-corrected chi connectivity index (χ4v) is 2.12. The summed E-state index contributed by atoms with van der Waals surface area (Å²) in [5.41, 5.74) is 3.13. The third-order valence-electron chi connectivity index (χ3n) is 2.83. The molecule has 0 aliphatic carbocycles. The van der Waals surface area contributed by atoms with Crippen molar-refractivity contribution in [2.45, 2.75) is 65.8 Å². The van der Waals surface area contributed by atoms with Crippen LogP contribution in [0.2, 0.25) is 0 Å². The third kappa shape index (κ3) is 2.45. The second-order valence-electron chi connectivity index (χ2n) is 6.01. The van der Waals surface area contributed by atoms with Crippen molar-refractivity contribution in [1.29, 1.82) is 0 Å². The molecule has 0 unspecified atom stereocenters. The van der Waals surface area contributed by atoms with Crippen molar-refractivity contribution in [3.63, 3.8) is 0 Å². The molecule has 0 aliphatic rings. The maximum absolute atomic E-state index is 2.49. The average molecular weight is 207 g/mol. The van der Waals surface area contributed by atoms with E-state index in [1.54, 1.807) is 0 Å². The smallest absolute Gasteiger partial charge is 0.0279 e. The Hall–Kier alpha value is -0.720. The second kappa shape index (κ2) is 4.03. The summed E-state index contributed by atoms with van der Waals surface area (Å²) in [6.45, 7) is 15.9. The van der Waals surface area contributed by atoms with Crippen LogP contribution in [0.5, 0.6) is 0 Å². The summed E-state index contributed by atoms with van der Waals surface area (Å²) in [5, 5.41) is 0. The van der Waals surface area contributed by atoms with Gasteiger partial charge in [0, 0.05) is 22.8 Å². The van der Waals surface area contributed by atoms with Crippen molar-refractivity contribution in [2.75, 3.05) is 0 Å². The summed E-state index contributed by atoms with van der Waals surface area (Å²) < 4.78 is 2.49. The summed E-state index contributed by atoms with van der Waals surface area (Å²) in [7, 11) is 0. The molecule has 15 heavy (non-hydrogen) atoms. The Bertz CT molecular complexity index is 324. The van der Waals surface area contributed by atoms with Gasteiger partial charge in [0.05, 0.1) is 0 Å². The first kappa shape index (κ1) is 12.4. The van der Waals surface area contributed by atoms with Gasteiger partial charge in [-0.15, -0.1) is 0 Å². The first-order valence-electron chi connectivity index (χ1n) is 5.96. The highest BCUT2D eigenvalue weighted by Gasteiger charge is 2.22. The lowest BCUT2D eigenvalue weighted by Crippen LogP contribution is -2.20. The van der Waals surface area contributed by atoms with E-state index >= 15 is 0 Å². The maximum atomic E-state index is 2.49. The van der Waals surface area contributed by atoms with Crippen molar-refractivity contribution < 1.29 is 0 Å². The molecule has 1 aromatic rings. The van der Waals surface area contributed by atoms with E-state index in [1.807, 2.05) is 0 Å². The fraction of sp³-hybridized carbons (Fsp3) is 0.714. The molecule has 1 heteroatoms. The SMILES string of the molecule is CC(C)c1ccc(C(C)(C)C)n1C(C)C. The van der Waals surface area contributed by atoms with Gasteiger partial charge in [0.2, 0.25) is 0 Å². The molecular weight excluding hydrogens is 182 g/mol. The Kier molecular flexibility index (Phi) is 3.32. The normalized spacial score (nSPS) is 12.9. The molecule has 0 fully saturated rings. The van der Waals surface area contributed by atoms with E-state index in [-0.39, 0.29) is 5.41 Å². The fourth-order valence-electron chi connectivity index (χ4n) is 2.12. The van der Waals surface area contributed by atoms with E-state index in [1.165, 1.54) is 11.4 Å². The van der Waals surface area contributed by atoms with E-state index in [9.17, 15) is 0 Å². The quantitative estimate of drug-likeness (QED) is 0.673. The maximum Gasteiger partial charge on any atom is 0.0279 e. The van der Waals surface area contributed by atoms with Gasteiger partial charge in [0.15, 0.2) is 0 Å². The molecule has 1 rings (SSSR count). The molecule has 1 heterocycles. The first-order chi connectivity index (χ1) is 6.75. The molecule has 1 aromatic heterocycles. The predicted octanol–water partition coefficient (Wildman–Crippen LogP) is 4.49. The highest BCUT2D eigenvalue weighted by atomic mass is 15.0. The van der Waals surface area contributed by atoms with Crippen molar-refractivity contribution in [1.82, 2.24) is 4.57 Å². The molecule has 0 aromatic carbocycles. The van der Waals surface area contributed by atoms with Crippen LogP contribution in [-0.2, 0) is 5.41 Å². The van der Waals surface area contributed by atoms with Crippen LogP contribution in [0, 0.1) is 0 Å². The van der Waals surface area contributed by atoms with Gasteiger partial charge >= 0.3 is 0 Å². The Morgan fingerprint density at radius 3 is 1.87 bits per heavy atom. The Morgan fingerprint density at radius 1 is 1.00 bits per heavy atom. The van der Waals surface area contributed by atoms with Crippen LogP contribution < -0.4 is 0 Å². The van der Waals surface area contributed by atoms with E-state index in [0.29, 0.717) is 12.0 Å². The minimum absolute atomic E-state index is 0.234. The minimum Gasteiger partial charge on any atom is -0.345 e. The van der Waals surface area contributed by atoms with Crippen molar-refractivity contribution in [3.8, 4) is 0 Å². The van der Waals surface area contributed by atoms with Crippen LogP contribution >= 0.6 is 0 Å². The summed E-state index contributed by atoms with van der Waals surface area (Å²) >= 11 is 0. The summed E-state index contributed by atoms with van der Waals surface area (Å²) in [5.74, 6) is 0.600. The summed E-state index contributed by atoms with van der Waals surface area (Å²) in [6, 6.07) is 5.12. The van der Waals surface area contributed by atoms with Crippen LogP contribution in [0.3, 0.4) is 0 Å². The number of hydrogen-bond donors (Lipinski definition) is 0. The zero-order valence-electron chi connectivity index (χ0n) is 11.3. The van der Waals surface area contributed by atoms with Gasteiger partial charge in [-0.3, -0.25) is 0 Å². The summed E-state index contributed by atoms with van der Waals surface area (Å²) in [4.78, 5) is 0. The second-order valence-corrected chi connectivity index (χ2v) is 6.01. The zero-order valence-corrected chi connectivity index (χ0v) is 11.3. The van der Waals surface area contributed by atoms with Crippen LogP contribution in [0.1, 0.15) is 71.8 Å². The molecule has 86 valence electrons. The van der Waals surface area contributed by atoms with Gasteiger partial charge in [-0.1, -0.05) is 34.6 Å². The Balaban J connectivity index is 3.31. The molecule has 0 spiro atoms. The van der Waals surface area contributed by atoms with Gasteiger partial charge < -0.3 is 4.57 Å². The van der Waals surface area contributed by atoms with Gasteiger partial charge in [0.25, 0.3) is 0 Å². The monoisotopic (exact) mass is 207 g/mol. The molecule has 0 radical (unpaired) electrons. The zero-order chi connectivity index (χ0) is 11.8. The van der Waals surface area contributed by atoms with Crippen molar-refractivity contribution >= 4 is 0 Å². The van der Waals surface area contributed by atoms with Crippen LogP contribution in [-0.4, -0.2) is 4.57 Å². The number of rotatable bonds is 2. The molecule has 0 saturated heterocycles. The van der Waals surface area contributed by atoms with Gasteiger partial charge in [0.1, 0.15) is 0 Å². The Labute approximate surface area is 94.5 Å². The van der Waals surface area contributed by atoms with E-state index < -0.39 is 0 Å². The van der Waals surface area contributed by atoms with Gasteiger partial charge in [-0.05, 0) is 31.9 Å². The van der Waals surface area contributed by atoms with Gasteiger partial charge in [-0.25, -0.2) is 0 Å². The highest BCUT2D eigenvalue weighted by molar-refractivity contribution is 5.25. The lowest BCUT2D eigenvalue weighted by Gasteiger charge is -2.26. The van der Waals surface area contributed by atoms with Crippen molar-refractivity contribution in [2.24, 2.45) is 0 Å². The van der Waals surface area contributed by atoms with Crippen LogP contribution in [0.4, 0.5) is 0 Å². The predicted molar refractivity (Wildman–Crippen MR) is 67.6 cm³/mol. The topological polar surface area (TPSA) is 4.93 Å². The molecule has 1 nitrogen and oxygen atoms in total. The number of nitrogens with zero attached hydrogens (tertiary/aromatic N) is 1. The van der Waals surface area contributed by atoms with E-state index in [2.05, 4.69) is 65.2 Å². The van der Waals surface area contributed by atoms with Gasteiger partial charge in [-0.2, -0.15) is 0 Å². The molecule has 0 amide bonds.